The molecule has 0 aliphatic carbocycles. The second-order valence-electron chi connectivity index (χ2n) is 4.09. The van der Waals surface area contributed by atoms with Crippen molar-refractivity contribution in [1.82, 2.24) is 5.32 Å². The second-order valence-corrected chi connectivity index (χ2v) is 4.09. The van der Waals surface area contributed by atoms with E-state index in [9.17, 15) is 18.3 Å². The van der Waals surface area contributed by atoms with Gasteiger partial charge < -0.3 is 10.4 Å². The average Bonchev–Trinajstić information content (AvgIpc) is 2.38. The minimum Gasteiger partial charge on any atom is -0.508 e. The first-order chi connectivity index (χ1) is 9.08. The molecular formula is C14H12F3NO. The molecule has 0 aliphatic rings. The molecule has 0 saturated carbocycles. The standard InChI is InChI=1S/C14H12F3NO/c15-11-6-13(17)12(16)5-10(11)8-18-7-9-3-1-2-4-14(9)19/h1-6,18-19H,7-8H2. The maximum atomic E-state index is 13.3. The number of hydrogen-bond acceptors (Lipinski definition) is 2. The van der Waals surface area contributed by atoms with Crippen molar-refractivity contribution in [3.8, 4) is 5.75 Å². The van der Waals surface area contributed by atoms with E-state index in [0.29, 0.717) is 18.2 Å². The summed E-state index contributed by atoms with van der Waals surface area (Å²) in [5, 5.41) is 12.4. The summed E-state index contributed by atoms with van der Waals surface area (Å²) in [5.41, 5.74) is 0.680. The molecule has 0 saturated heterocycles. The van der Waals surface area contributed by atoms with Crippen LogP contribution in [0.3, 0.4) is 0 Å². The molecule has 2 aromatic rings. The van der Waals surface area contributed by atoms with Gasteiger partial charge in [-0.15, -0.1) is 0 Å². The summed E-state index contributed by atoms with van der Waals surface area (Å²) in [7, 11) is 0. The molecule has 2 N–H and O–H groups in total. The van der Waals surface area contributed by atoms with E-state index >= 15 is 0 Å². The third-order valence-corrected chi connectivity index (χ3v) is 2.71. The highest BCUT2D eigenvalue weighted by molar-refractivity contribution is 5.31. The Morgan fingerprint density at radius 3 is 2.21 bits per heavy atom. The van der Waals surface area contributed by atoms with Gasteiger partial charge in [-0.2, -0.15) is 0 Å². The van der Waals surface area contributed by atoms with E-state index in [2.05, 4.69) is 5.32 Å². The molecule has 19 heavy (non-hydrogen) atoms. The summed E-state index contributed by atoms with van der Waals surface area (Å²) >= 11 is 0. The molecule has 0 bridgehead atoms. The summed E-state index contributed by atoms with van der Waals surface area (Å²) in [5.74, 6) is -2.97. The van der Waals surface area contributed by atoms with Crippen molar-refractivity contribution < 1.29 is 18.3 Å². The zero-order chi connectivity index (χ0) is 13.8. The number of aromatic hydroxyl groups is 1. The predicted octanol–water partition coefficient (Wildman–Crippen LogP) is 3.10. The van der Waals surface area contributed by atoms with Crippen LogP contribution in [0.25, 0.3) is 0 Å². The van der Waals surface area contributed by atoms with E-state index in [1.807, 2.05) is 0 Å². The monoisotopic (exact) mass is 267 g/mol. The highest BCUT2D eigenvalue weighted by Crippen LogP contribution is 2.16. The Bertz CT molecular complexity index is 587. The lowest BCUT2D eigenvalue weighted by molar-refractivity contribution is 0.463. The molecule has 2 aromatic carbocycles. The van der Waals surface area contributed by atoms with E-state index < -0.39 is 17.5 Å². The van der Waals surface area contributed by atoms with Gasteiger partial charge in [-0.25, -0.2) is 13.2 Å². The van der Waals surface area contributed by atoms with Crippen molar-refractivity contribution >= 4 is 0 Å². The van der Waals surface area contributed by atoms with Crippen molar-refractivity contribution in [2.45, 2.75) is 13.1 Å². The van der Waals surface area contributed by atoms with E-state index in [-0.39, 0.29) is 17.9 Å². The molecular weight excluding hydrogens is 255 g/mol. The lowest BCUT2D eigenvalue weighted by Gasteiger charge is -2.08. The fourth-order valence-corrected chi connectivity index (χ4v) is 1.69. The highest BCUT2D eigenvalue weighted by Gasteiger charge is 2.09. The van der Waals surface area contributed by atoms with E-state index in [0.717, 1.165) is 6.07 Å². The van der Waals surface area contributed by atoms with Crippen molar-refractivity contribution in [3.63, 3.8) is 0 Å². The molecule has 0 spiro atoms. The molecule has 2 nitrogen and oxygen atoms in total. The fourth-order valence-electron chi connectivity index (χ4n) is 1.69. The fraction of sp³-hybridized carbons (Fsp3) is 0.143. The Labute approximate surface area is 108 Å². The zero-order valence-corrected chi connectivity index (χ0v) is 9.96. The van der Waals surface area contributed by atoms with Gasteiger partial charge >= 0.3 is 0 Å². The summed E-state index contributed by atoms with van der Waals surface area (Å²) < 4.78 is 39.0. The highest BCUT2D eigenvalue weighted by atomic mass is 19.2. The summed E-state index contributed by atoms with van der Waals surface area (Å²) in [6, 6.07) is 8.04. The van der Waals surface area contributed by atoms with Crippen molar-refractivity contribution in [2.24, 2.45) is 0 Å². The van der Waals surface area contributed by atoms with Gasteiger partial charge in [0, 0.05) is 30.3 Å². The number of hydrogen-bond donors (Lipinski definition) is 2. The first-order valence-corrected chi connectivity index (χ1v) is 5.69. The largest absolute Gasteiger partial charge is 0.508 e. The summed E-state index contributed by atoms with van der Waals surface area (Å²) in [4.78, 5) is 0. The Hall–Kier alpha value is -2.01. The summed E-state index contributed by atoms with van der Waals surface area (Å²) in [6.45, 7) is 0.336. The lowest BCUT2D eigenvalue weighted by Crippen LogP contribution is -2.14. The molecule has 0 aromatic heterocycles. The Balaban J connectivity index is 2.00. The van der Waals surface area contributed by atoms with Crippen LogP contribution in [0.5, 0.6) is 5.75 Å². The number of nitrogens with one attached hydrogen (secondary N) is 1. The summed E-state index contributed by atoms with van der Waals surface area (Å²) in [6.07, 6.45) is 0. The topological polar surface area (TPSA) is 32.3 Å². The van der Waals surface area contributed by atoms with Gasteiger partial charge in [0.1, 0.15) is 11.6 Å². The molecule has 0 aliphatic heterocycles. The van der Waals surface area contributed by atoms with Crippen LogP contribution in [-0.2, 0) is 13.1 Å². The first-order valence-electron chi connectivity index (χ1n) is 5.69. The SMILES string of the molecule is Oc1ccccc1CNCc1cc(F)c(F)cc1F. The molecule has 100 valence electrons. The molecule has 5 heteroatoms. The third kappa shape index (κ3) is 3.26. The Kier molecular flexibility index (Phi) is 4.06. The molecule has 0 atom stereocenters. The van der Waals surface area contributed by atoms with Crippen LogP contribution < -0.4 is 5.32 Å². The third-order valence-electron chi connectivity index (χ3n) is 2.71. The number of halogens is 3. The van der Waals surface area contributed by atoms with Gasteiger partial charge in [-0.05, 0) is 12.1 Å². The van der Waals surface area contributed by atoms with Crippen molar-refractivity contribution in [1.29, 1.82) is 0 Å². The maximum Gasteiger partial charge on any atom is 0.161 e. The van der Waals surface area contributed by atoms with Crippen LogP contribution in [0.4, 0.5) is 13.2 Å². The Morgan fingerprint density at radius 2 is 1.47 bits per heavy atom. The van der Waals surface area contributed by atoms with Crippen molar-refractivity contribution in [2.75, 3.05) is 0 Å². The number of phenols is 1. The lowest BCUT2D eigenvalue weighted by atomic mass is 10.1. The van der Waals surface area contributed by atoms with Gasteiger partial charge in [0.05, 0.1) is 0 Å². The van der Waals surface area contributed by atoms with Gasteiger partial charge in [-0.1, -0.05) is 18.2 Å². The molecule has 0 fully saturated rings. The molecule has 0 unspecified atom stereocenters. The quantitative estimate of drug-likeness (QED) is 0.834. The Morgan fingerprint density at radius 1 is 0.842 bits per heavy atom. The second kappa shape index (κ2) is 5.75. The van der Waals surface area contributed by atoms with Crippen LogP contribution >= 0.6 is 0 Å². The minimum atomic E-state index is -1.21. The van der Waals surface area contributed by atoms with Gasteiger partial charge in [0.25, 0.3) is 0 Å². The predicted molar refractivity (Wildman–Crippen MR) is 65.0 cm³/mol. The molecule has 2 rings (SSSR count). The van der Waals surface area contributed by atoms with Crippen molar-refractivity contribution in [3.05, 3.63) is 65.0 Å². The van der Waals surface area contributed by atoms with Gasteiger partial charge in [0.15, 0.2) is 11.6 Å². The van der Waals surface area contributed by atoms with E-state index in [4.69, 9.17) is 0 Å². The maximum absolute atomic E-state index is 13.3. The molecule has 0 amide bonds. The van der Waals surface area contributed by atoms with Gasteiger partial charge in [-0.3, -0.25) is 0 Å². The molecule has 0 heterocycles. The van der Waals surface area contributed by atoms with E-state index in [1.165, 1.54) is 6.07 Å². The molecule has 0 radical (unpaired) electrons. The normalized spacial score (nSPS) is 10.7. The van der Waals surface area contributed by atoms with Crippen LogP contribution in [0.2, 0.25) is 0 Å². The van der Waals surface area contributed by atoms with E-state index in [1.54, 1.807) is 18.2 Å². The number of rotatable bonds is 4. The number of benzene rings is 2. The van der Waals surface area contributed by atoms with Gasteiger partial charge in [0.2, 0.25) is 0 Å². The van der Waals surface area contributed by atoms with Crippen LogP contribution in [-0.4, -0.2) is 5.11 Å². The number of phenolic OH excluding ortho intramolecular Hbond substituents is 1. The van der Waals surface area contributed by atoms with Crippen LogP contribution in [0, 0.1) is 17.5 Å². The van der Waals surface area contributed by atoms with Crippen LogP contribution in [0.15, 0.2) is 36.4 Å². The minimum absolute atomic E-state index is 0.0364. The average molecular weight is 267 g/mol. The smallest absolute Gasteiger partial charge is 0.161 e. The first kappa shape index (κ1) is 13.4. The zero-order valence-electron chi connectivity index (χ0n) is 9.96. The van der Waals surface area contributed by atoms with Crippen LogP contribution in [0.1, 0.15) is 11.1 Å². The number of para-hydroxylation sites is 1.